The van der Waals surface area contributed by atoms with Crippen LogP contribution in [-0.2, 0) is 0 Å². The van der Waals surface area contributed by atoms with Crippen LogP contribution in [0, 0.1) is 5.92 Å². The lowest BCUT2D eigenvalue weighted by Gasteiger charge is -2.05. The van der Waals surface area contributed by atoms with Crippen molar-refractivity contribution >= 4 is 22.6 Å². The van der Waals surface area contributed by atoms with Crippen LogP contribution in [0.1, 0.15) is 19.3 Å². The minimum atomic E-state index is 0.895. The molecule has 2 heteroatoms. The molecule has 1 aliphatic heterocycles. The van der Waals surface area contributed by atoms with Crippen LogP contribution in [0.5, 0.6) is 0 Å². The summed E-state index contributed by atoms with van der Waals surface area (Å²) in [6.45, 7) is 1.28. The molecule has 2 aliphatic rings. The van der Waals surface area contributed by atoms with Crippen molar-refractivity contribution < 1.29 is 0 Å². The zero-order chi connectivity index (χ0) is 6.27. The van der Waals surface area contributed by atoms with Crippen molar-refractivity contribution in [3.05, 3.63) is 0 Å². The van der Waals surface area contributed by atoms with Crippen LogP contribution in [0.3, 0.4) is 0 Å². The Hall–Kier alpha value is 0.690. The van der Waals surface area contributed by atoms with E-state index in [9.17, 15) is 0 Å². The highest BCUT2D eigenvalue weighted by Gasteiger charge is 2.35. The fourth-order valence-corrected chi connectivity index (χ4v) is 3.28. The quantitative estimate of drug-likeness (QED) is 0.498. The van der Waals surface area contributed by atoms with Crippen LogP contribution < -0.4 is 5.32 Å². The molecule has 1 aliphatic carbocycles. The van der Waals surface area contributed by atoms with Gasteiger partial charge in [-0.05, 0) is 31.7 Å². The van der Waals surface area contributed by atoms with Crippen LogP contribution in [0.2, 0.25) is 0 Å². The van der Waals surface area contributed by atoms with Gasteiger partial charge in [-0.15, -0.1) is 0 Å². The maximum absolute atomic E-state index is 3.54. The van der Waals surface area contributed by atoms with Gasteiger partial charge in [0.15, 0.2) is 0 Å². The Kier molecular flexibility index (Phi) is 1.69. The first-order valence-corrected chi connectivity index (χ1v) is 4.98. The third kappa shape index (κ3) is 1.11. The molecule has 52 valence electrons. The first-order chi connectivity index (χ1) is 4.36. The molecule has 1 nitrogen and oxygen atoms in total. The Morgan fingerprint density at radius 2 is 2.22 bits per heavy atom. The van der Waals surface area contributed by atoms with E-state index in [2.05, 4.69) is 27.9 Å². The lowest BCUT2D eigenvalue weighted by atomic mass is 10.1. The predicted octanol–water partition coefficient (Wildman–Crippen LogP) is 1.56. The van der Waals surface area contributed by atoms with Crippen molar-refractivity contribution in [2.24, 2.45) is 5.92 Å². The van der Waals surface area contributed by atoms with Crippen LogP contribution in [0.4, 0.5) is 0 Å². The number of hydrogen-bond acceptors (Lipinski definition) is 1. The van der Waals surface area contributed by atoms with Crippen molar-refractivity contribution in [2.75, 3.05) is 6.54 Å². The average Bonchev–Trinajstić information content (AvgIpc) is 2.22. The Balaban J connectivity index is 2.02. The SMILES string of the molecule is IC1CC2CCNC2C1. The van der Waals surface area contributed by atoms with Crippen molar-refractivity contribution in [3.8, 4) is 0 Å². The molecule has 0 spiro atoms. The van der Waals surface area contributed by atoms with Crippen LogP contribution in [0.25, 0.3) is 0 Å². The third-order valence-electron chi connectivity index (χ3n) is 2.56. The van der Waals surface area contributed by atoms with Crippen molar-refractivity contribution in [1.82, 2.24) is 5.32 Å². The Bertz CT molecular complexity index is 103. The maximum atomic E-state index is 3.54. The highest BCUT2D eigenvalue weighted by molar-refractivity contribution is 14.1. The molecule has 1 heterocycles. The molecule has 0 aromatic rings. The number of rotatable bonds is 0. The van der Waals surface area contributed by atoms with E-state index in [1.54, 1.807) is 0 Å². The molecule has 0 radical (unpaired) electrons. The summed E-state index contributed by atoms with van der Waals surface area (Å²) < 4.78 is 0.963. The molecule has 2 rings (SSSR count). The van der Waals surface area contributed by atoms with Gasteiger partial charge >= 0.3 is 0 Å². The molecular weight excluding hydrogens is 225 g/mol. The largest absolute Gasteiger partial charge is 0.314 e. The molecule has 0 amide bonds. The number of hydrogen-bond donors (Lipinski definition) is 1. The van der Waals surface area contributed by atoms with Crippen LogP contribution in [0.15, 0.2) is 0 Å². The minimum Gasteiger partial charge on any atom is -0.314 e. The summed E-state index contributed by atoms with van der Waals surface area (Å²) >= 11 is 2.58. The Morgan fingerprint density at radius 3 is 3.00 bits per heavy atom. The standard InChI is InChI=1S/C7H12IN/c8-6-3-5-1-2-9-7(5)4-6/h5-7,9H,1-4H2. The second kappa shape index (κ2) is 2.38. The second-order valence-electron chi connectivity index (χ2n) is 3.18. The summed E-state index contributed by atoms with van der Waals surface area (Å²) in [6.07, 6.45) is 4.33. The van der Waals surface area contributed by atoms with Crippen molar-refractivity contribution in [1.29, 1.82) is 0 Å². The fraction of sp³-hybridized carbons (Fsp3) is 1.00. The van der Waals surface area contributed by atoms with E-state index in [0.717, 1.165) is 15.9 Å². The molecule has 0 aromatic heterocycles. The van der Waals surface area contributed by atoms with Gasteiger partial charge in [0.25, 0.3) is 0 Å². The van der Waals surface area contributed by atoms with Gasteiger partial charge in [0.2, 0.25) is 0 Å². The minimum absolute atomic E-state index is 0.895. The van der Waals surface area contributed by atoms with Gasteiger partial charge in [-0.1, -0.05) is 22.6 Å². The van der Waals surface area contributed by atoms with E-state index >= 15 is 0 Å². The first-order valence-electron chi connectivity index (χ1n) is 3.74. The summed E-state index contributed by atoms with van der Waals surface area (Å²) in [5, 5.41) is 3.54. The second-order valence-corrected chi connectivity index (χ2v) is 4.94. The monoisotopic (exact) mass is 237 g/mol. The topological polar surface area (TPSA) is 12.0 Å². The van der Waals surface area contributed by atoms with E-state index in [1.807, 2.05) is 0 Å². The molecule has 1 saturated carbocycles. The Labute approximate surface area is 69.7 Å². The van der Waals surface area contributed by atoms with E-state index in [1.165, 1.54) is 25.8 Å². The smallest absolute Gasteiger partial charge is 0.0128 e. The van der Waals surface area contributed by atoms with Gasteiger partial charge in [0, 0.05) is 9.97 Å². The fourth-order valence-electron chi connectivity index (χ4n) is 2.08. The molecule has 1 N–H and O–H groups in total. The van der Waals surface area contributed by atoms with E-state index in [-0.39, 0.29) is 0 Å². The summed E-state index contributed by atoms with van der Waals surface area (Å²) in [4.78, 5) is 0. The van der Waals surface area contributed by atoms with E-state index in [4.69, 9.17) is 0 Å². The van der Waals surface area contributed by atoms with E-state index in [0.29, 0.717) is 0 Å². The molecule has 1 saturated heterocycles. The summed E-state index contributed by atoms with van der Waals surface area (Å²) in [5.41, 5.74) is 0. The molecule has 0 aromatic carbocycles. The van der Waals surface area contributed by atoms with Gasteiger partial charge in [-0.25, -0.2) is 0 Å². The van der Waals surface area contributed by atoms with Crippen LogP contribution in [-0.4, -0.2) is 16.5 Å². The van der Waals surface area contributed by atoms with Gasteiger partial charge < -0.3 is 5.32 Å². The zero-order valence-electron chi connectivity index (χ0n) is 5.44. The number of halogens is 1. The summed E-state index contributed by atoms with van der Waals surface area (Å²) in [5.74, 6) is 1.03. The zero-order valence-corrected chi connectivity index (χ0v) is 7.60. The lowest BCUT2D eigenvalue weighted by molar-refractivity contribution is 0.519. The predicted molar refractivity (Wildman–Crippen MR) is 46.9 cm³/mol. The van der Waals surface area contributed by atoms with Crippen LogP contribution >= 0.6 is 22.6 Å². The molecule has 3 atom stereocenters. The van der Waals surface area contributed by atoms with Crippen molar-refractivity contribution in [3.63, 3.8) is 0 Å². The molecular formula is C7H12IN. The normalized spacial score (nSPS) is 49.7. The first kappa shape index (κ1) is 6.40. The van der Waals surface area contributed by atoms with E-state index < -0.39 is 0 Å². The van der Waals surface area contributed by atoms with Crippen molar-refractivity contribution in [2.45, 2.75) is 29.2 Å². The summed E-state index contributed by atoms with van der Waals surface area (Å²) in [7, 11) is 0. The van der Waals surface area contributed by atoms with Gasteiger partial charge in [0.05, 0.1) is 0 Å². The summed E-state index contributed by atoms with van der Waals surface area (Å²) in [6, 6.07) is 0.895. The lowest BCUT2D eigenvalue weighted by Crippen LogP contribution is -2.22. The highest BCUT2D eigenvalue weighted by atomic mass is 127. The van der Waals surface area contributed by atoms with Gasteiger partial charge in [-0.2, -0.15) is 0 Å². The highest BCUT2D eigenvalue weighted by Crippen LogP contribution is 2.36. The number of alkyl halides is 1. The third-order valence-corrected chi connectivity index (χ3v) is 3.58. The number of nitrogens with one attached hydrogen (secondary N) is 1. The average molecular weight is 237 g/mol. The number of fused-ring (bicyclic) bond motifs is 1. The van der Waals surface area contributed by atoms with Gasteiger partial charge in [0.1, 0.15) is 0 Å². The Morgan fingerprint density at radius 1 is 1.33 bits per heavy atom. The molecule has 3 unspecified atom stereocenters. The molecule has 0 bridgehead atoms. The molecule has 2 fully saturated rings. The van der Waals surface area contributed by atoms with Gasteiger partial charge in [-0.3, -0.25) is 0 Å². The maximum Gasteiger partial charge on any atom is 0.0128 e. The molecule has 9 heavy (non-hydrogen) atoms.